The first kappa shape index (κ1) is 62.9. The molecule has 2 heterocycles. The third-order valence-corrected chi connectivity index (χ3v) is 10.8. The summed E-state index contributed by atoms with van der Waals surface area (Å²) >= 11 is 0. The number of nitrogens with one attached hydrogen (secondary N) is 3. The Kier molecular flexibility index (Phi) is 27.3. The zero-order valence-electron chi connectivity index (χ0n) is 42.0. The van der Waals surface area contributed by atoms with Crippen LogP contribution >= 0.6 is 12.4 Å². The zero-order valence-corrected chi connectivity index (χ0v) is 42.8. The van der Waals surface area contributed by atoms with E-state index in [-0.39, 0.29) is 48.0 Å². The average Bonchev–Trinajstić information content (AvgIpc) is 3.31. The van der Waals surface area contributed by atoms with Crippen LogP contribution in [0, 0.1) is 5.92 Å². The molecule has 2 aliphatic rings. The summed E-state index contributed by atoms with van der Waals surface area (Å²) in [6.45, 7) is 6.62. The number of carbonyl (C=O) groups is 6. The van der Waals surface area contributed by atoms with E-state index in [0.717, 1.165) is 55.8 Å². The third kappa shape index (κ3) is 24.9. The van der Waals surface area contributed by atoms with E-state index in [9.17, 15) is 37.1 Å². The van der Waals surface area contributed by atoms with Gasteiger partial charge in [-0.15, -0.1) is 12.4 Å². The van der Waals surface area contributed by atoms with Crippen molar-refractivity contribution in [1.82, 2.24) is 10.2 Å². The highest BCUT2D eigenvalue weighted by Crippen LogP contribution is 2.22. The molecule has 402 valence electrons. The van der Waals surface area contributed by atoms with Crippen molar-refractivity contribution >= 4 is 59.4 Å². The maximum absolute atomic E-state index is 12.4. The van der Waals surface area contributed by atoms with E-state index in [1.165, 1.54) is 22.1 Å². The monoisotopic (exact) mass is 1050 g/mol. The van der Waals surface area contributed by atoms with Gasteiger partial charge in [-0.3, -0.25) is 19.3 Å². The first-order valence-corrected chi connectivity index (χ1v) is 23.4. The number of methoxy groups -OCH3 is 2. The van der Waals surface area contributed by atoms with Gasteiger partial charge in [-0.25, -0.2) is 14.4 Å². The summed E-state index contributed by atoms with van der Waals surface area (Å²) in [6.07, 6.45) is 6.29. The van der Waals surface area contributed by atoms with E-state index in [0.29, 0.717) is 25.1 Å². The van der Waals surface area contributed by atoms with Crippen LogP contribution in [0.5, 0.6) is 11.5 Å². The number of aryl methyl sites for hydroxylation is 2. The van der Waals surface area contributed by atoms with Crippen LogP contribution in [-0.4, -0.2) is 108 Å². The summed E-state index contributed by atoms with van der Waals surface area (Å²) in [4.78, 5) is 68.7. The molecule has 0 unspecified atom stereocenters. The van der Waals surface area contributed by atoms with Crippen molar-refractivity contribution in [2.45, 2.75) is 95.6 Å². The predicted molar refractivity (Wildman–Crippen MR) is 278 cm³/mol. The van der Waals surface area contributed by atoms with Gasteiger partial charge in [-0.05, 0) is 137 Å². The fourth-order valence-corrected chi connectivity index (χ4v) is 6.64. The Morgan fingerprint density at radius 3 is 1.54 bits per heavy atom. The lowest BCUT2D eigenvalue weighted by molar-refractivity contribution is -0.192. The molecule has 16 nitrogen and oxygen atoms in total. The van der Waals surface area contributed by atoms with Gasteiger partial charge in [0, 0.05) is 36.5 Å². The lowest BCUT2D eigenvalue weighted by Crippen LogP contribution is -2.56. The molecule has 2 aliphatic heterocycles. The fraction of sp³-hybridized carbons (Fsp3) is 0.370. The topological polar surface area (TPSA) is 236 Å². The summed E-state index contributed by atoms with van der Waals surface area (Å²) in [5.41, 5.74) is 9.36. The number of allylic oxidation sites excluding steroid dienone is 1. The van der Waals surface area contributed by atoms with E-state index in [4.69, 9.17) is 35.0 Å². The number of hydrogen-bond acceptors (Lipinski definition) is 11. The minimum Gasteiger partial charge on any atom is -0.497 e. The summed E-state index contributed by atoms with van der Waals surface area (Å²) in [5, 5.41) is 24.6. The molecule has 0 saturated carbocycles. The number of rotatable bonds is 18. The second-order valence-corrected chi connectivity index (χ2v) is 17.7. The number of halogens is 4. The Hall–Kier alpha value is -7.22. The number of Topliss-reactive ketones (excluding diaryl/α,β-unsaturated/α-hetero) is 1. The van der Waals surface area contributed by atoms with Crippen molar-refractivity contribution in [2.75, 3.05) is 37.9 Å². The molecule has 4 aromatic carbocycles. The number of aliphatic carboxylic acids is 2. The number of benzene rings is 4. The molecular formula is C54H67ClF3N5O11. The molecule has 2 fully saturated rings. The maximum Gasteiger partial charge on any atom is 0.490 e. The Morgan fingerprint density at radius 2 is 1.18 bits per heavy atom. The number of likely N-dealkylation sites (tertiary alicyclic amines) is 1. The molecule has 2 saturated heterocycles. The van der Waals surface area contributed by atoms with Crippen LogP contribution in [0.4, 0.5) is 29.3 Å². The standard InChI is InChI=1S/C24H28N2O3.C19H22N2O2.C9H15NO4.C2HF3O2.ClH/c1-29-21-12-10-20(11-13-21)26-24(28)14-9-19(17-23(27)22-15-16-25-22)8-7-18-5-3-2-4-6-18;1-23-18-12-10-17(11-13-18)21-19(22)14-9-16(20)8-7-15-5-3-2-4-6-15;1-9(2,3)14-8(13)10-5-4-6(10)7(11)12;3-2(4,5)1(6)7;/h2-6,9-14,19,22,25H,7-8,15-17H2,1H3,(H,26,28);2-6,9-14,16H,7-8,20H2,1H3,(H,21,22);6H,4-5H2,1-3H3,(H,11,12);(H,6,7);1H/b2*14-9+;;;/t19-,22-;16-;6-;;/m000../s1. The molecule has 4 aromatic rings. The molecule has 4 atom stereocenters. The third-order valence-electron chi connectivity index (χ3n) is 10.8. The van der Waals surface area contributed by atoms with Gasteiger partial charge in [0.25, 0.3) is 0 Å². The Morgan fingerprint density at radius 1 is 0.730 bits per heavy atom. The van der Waals surface area contributed by atoms with Crippen LogP contribution in [0.25, 0.3) is 0 Å². The Balaban J connectivity index is 0.000000371. The number of carbonyl (C=O) groups excluding carboxylic acids is 4. The van der Waals surface area contributed by atoms with Gasteiger partial charge in [0.05, 0.1) is 20.3 Å². The first-order chi connectivity index (χ1) is 34.6. The number of hydrogen-bond donors (Lipinski definition) is 6. The zero-order chi connectivity index (χ0) is 54.0. The molecule has 0 bridgehead atoms. The number of nitrogens with two attached hydrogens (primary N) is 1. The van der Waals surface area contributed by atoms with E-state index in [2.05, 4.69) is 40.2 Å². The second kappa shape index (κ2) is 32.1. The Bertz CT molecular complexity index is 2420. The first-order valence-electron chi connectivity index (χ1n) is 23.4. The van der Waals surface area contributed by atoms with Crippen molar-refractivity contribution in [1.29, 1.82) is 0 Å². The summed E-state index contributed by atoms with van der Waals surface area (Å²) in [7, 11) is 3.21. The van der Waals surface area contributed by atoms with Crippen LogP contribution in [0.3, 0.4) is 0 Å². The number of nitrogens with zero attached hydrogens (tertiary/aromatic N) is 1. The maximum atomic E-state index is 12.4. The second-order valence-electron chi connectivity index (χ2n) is 17.7. The molecule has 0 radical (unpaired) electrons. The highest BCUT2D eigenvalue weighted by molar-refractivity contribution is 6.00. The van der Waals surface area contributed by atoms with Crippen LogP contribution in [0.2, 0.25) is 0 Å². The highest BCUT2D eigenvalue weighted by atomic mass is 35.5. The number of carboxylic acid groups (broad SMARTS) is 2. The minimum atomic E-state index is -5.08. The molecule has 7 N–H and O–H groups in total. The molecule has 0 aliphatic carbocycles. The number of ether oxygens (including phenoxy) is 3. The normalized spacial score (nSPS) is 15.4. The molecular weight excluding hydrogens is 987 g/mol. The fourth-order valence-electron chi connectivity index (χ4n) is 6.64. The van der Waals surface area contributed by atoms with Crippen molar-refractivity contribution in [3.63, 3.8) is 0 Å². The molecule has 3 amide bonds. The smallest absolute Gasteiger partial charge is 0.490 e. The van der Waals surface area contributed by atoms with Gasteiger partial charge in [-0.2, -0.15) is 13.2 Å². The quantitative estimate of drug-likeness (QED) is 0.0511. The van der Waals surface area contributed by atoms with Crippen LogP contribution < -0.4 is 31.2 Å². The number of carboxylic acids is 2. The lowest BCUT2D eigenvalue weighted by Gasteiger charge is -2.38. The van der Waals surface area contributed by atoms with Crippen LogP contribution in [0.15, 0.2) is 133 Å². The van der Waals surface area contributed by atoms with E-state index < -0.39 is 35.9 Å². The van der Waals surface area contributed by atoms with E-state index in [1.54, 1.807) is 95.7 Å². The average molecular weight is 1050 g/mol. The SMILES string of the molecule is CC(C)(C)OC(=O)N1CC[C@H]1C(=O)O.COc1ccc(NC(=O)/C=C/[C@@H](N)CCc2ccccc2)cc1.COc1ccc(NC(=O)/C=C/[C@H](CCc2ccccc2)CC(=O)[C@@H]2CCN2)cc1.Cl.O=C(O)C(F)(F)F. The Labute approximate surface area is 435 Å². The lowest BCUT2D eigenvalue weighted by atomic mass is 9.89. The largest absolute Gasteiger partial charge is 0.497 e. The van der Waals surface area contributed by atoms with Gasteiger partial charge in [0.2, 0.25) is 11.8 Å². The highest BCUT2D eigenvalue weighted by Gasteiger charge is 2.40. The molecule has 6 rings (SSSR count). The summed E-state index contributed by atoms with van der Waals surface area (Å²) < 4.78 is 47.0. The number of alkyl halides is 3. The van der Waals surface area contributed by atoms with Gasteiger partial charge < -0.3 is 46.1 Å². The van der Waals surface area contributed by atoms with Gasteiger partial charge in [-0.1, -0.05) is 72.8 Å². The van der Waals surface area contributed by atoms with Crippen molar-refractivity contribution in [2.24, 2.45) is 11.7 Å². The minimum absolute atomic E-state index is 0. The van der Waals surface area contributed by atoms with E-state index >= 15 is 0 Å². The number of ketones is 1. The van der Waals surface area contributed by atoms with E-state index in [1.807, 2.05) is 42.5 Å². The van der Waals surface area contributed by atoms with Crippen LogP contribution in [-0.2, 0) is 41.6 Å². The molecule has 0 aromatic heterocycles. The van der Waals surface area contributed by atoms with Crippen LogP contribution in [0.1, 0.15) is 64.0 Å². The van der Waals surface area contributed by atoms with Crippen molar-refractivity contribution in [3.05, 3.63) is 145 Å². The molecule has 20 heteroatoms. The molecule has 74 heavy (non-hydrogen) atoms. The number of amides is 3. The predicted octanol–water partition coefficient (Wildman–Crippen LogP) is 9.05. The summed E-state index contributed by atoms with van der Waals surface area (Å²) in [5.74, 6) is -2.36. The molecule has 0 spiro atoms. The van der Waals surface area contributed by atoms with Gasteiger partial charge in [0.15, 0.2) is 0 Å². The van der Waals surface area contributed by atoms with Crippen molar-refractivity contribution in [3.8, 4) is 11.5 Å². The number of anilines is 2. The van der Waals surface area contributed by atoms with Gasteiger partial charge in [0.1, 0.15) is 28.9 Å². The van der Waals surface area contributed by atoms with Crippen molar-refractivity contribution < 1.29 is 66.4 Å². The van der Waals surface area contributed by atoms with Gasteiger partial charge >= 0.3 is 24.2 Å². The summed E-state index contributed by atoms with van der Waals surface area (Å²) in [6, 6.07) is 33.9.